The van der Waals surface area contributed by atoms with Crippen molar-refractivity contribution < 1.29 is 19.4 Å². The van der Waals surface area contributed by atoms with Crippen molar-refractivity contribution in [3.05, 3.63) is 0 Å². The quantitative estimate of drug-likeness (QED) is 0.534. The zero-order valence-corrected chi connectivity index (χ0v) is 8.86. The predicted octanol–water partition coefficient (Wildman–Crippen LogP) is 0.315. The standard InChI is InChI=1S/C9H18N2O4/c1-2-15-9(14)11-7(8(12)13)5-3-4-6-10/h7H,2-6,10H2,1H3,(H,11,14)(H,12,13)/t7-/m0/s1. The van der Waals surface area contributed by atoms with E-state index in [9.17, 15) is 9.59 Å². The molecule has 1 atom stereocenters. The molecule has 0 aliphatic carbocycles. The zero-order chi connectivity index (χ0) is 11.7. The monoisotopic (exact) mass is 218 g/mol. The van der Waals surface area contributed by atoms with Gasteiger partial charge >= 0.3 is 12.1 Å². The number of hydrogen-bond donors (Lipinski definition) is 3. The van der Waals surface area contributed by atoms with Gasteiger partial charge in [0.05, 0.1) is 6.61 Å². The fourth-order valence-corrected chi connectivity index (χ4v) is 1.07. The van der Waals surface area contributed by atoms with Crippen molar-refractivity contribution >= 4 is 12.1 Å². The minimum absolute atomic E-state index is 0.223. The highest BCUT2D eigenvalue weighted by Gasteiger charge is 2.19. The normalized spacial score (nSPS) is 11.9. The Kier molecular flexibility index (Phi) is 7.35. The summed E-state index contributed by atoms with van der Waals surface area (Å²) < 4.78 is 4.59. The van der Waals surface area contributed by atoms with E-state index in [1.807, 2.05) is 0 Å². The van der Waals surface area contributed by atoms with Gasteiger partial charge < -0.3 is 20.9 Å². The first-order chi connectivity index (χ1) is 7.11. The number of carboxylic acids is 1. The molecule has 0 saturated heterocycles. The zero-order valence-electron chi connectivity index (χ0n) is 8.86. The summed E-state index contributed by atoms with van der Waals surface area (Å²) in [5.41, 5.74) is 5.28. The number of ether oxygens (including phenoxy) is 1. The number of carbonyl (C=O) groups is 2. The molecule has 6 heteroatoms. The van der Waals surface area contributed by atoms with Gasteiger partial charge in [-0.1, -0.05) is 0 Å². The molecule has 0 rings (SSSR count). The number of rotatable bonds is 7. The Bertz CT molecular complexity index is 208. The fraction of sp³-hybridized carbons (Fsp3) is 0.778. The number of amides is 1. The van der Waals surface area contributed by atoms with E-state index in [2.05, 4.69) is 10.1 Å². The van der Waals surface area contributed by atoms with Crippen LogP contribution in [0.25, 0.3) is 0 Å². The summed E-state index contributed by atoms with van der Waals surface area (Å²) >= 11 is 0. The molecule has 0 fully saturated rings. The summed E-state index contributed by atoms with van der Waals surface area (Å²) in [4.78, 5) is 21.7. The maximum atomic E-state index is 11.0. The van der Waals surface area contributed by atoms with Crippen molar-refractivity contribution in [3.8, 4) is 0 Å². The van der Waals surface area contributed by atoms with E-state index in [0.29, 0.717) is 19.4 Å². The Balaban J connectivity index is 3.93. The summed E-state index contributed by atoms with van der Waals surface area (Å²) in [7, 11) is 0. The van der Waals surface area contributed by atoms with Crippen LogP contribution in [-0.4, -0.2) is 36.4 Å². The molecule has 4 N–H and O–H groups in total. The van der Waals surface area contributed by atoms with E-state index in [4.69, 9.17) is 10.8 Å². The number of hydrogen-bond acceptors (Lipinski definition) is 4. The molecule has 0 aromatic rings. The molecule has 0 aliphatic rings. The van der Waals surface area contributed by atoms with Gasteiger partial charge in [-0.2, -0.15) is 0 Å². The minimum Gasteiger partial charge on any atom is -0.480 e. The minimum atomic E-state index is -1.06. The number of aliphatic carboxylic acids is 1. The first-order valence-electron chi connectivity index (χ1n) is 4.98. The summed E-state index contributed by atoms with van der Waals surface area (Å²) in [6.07, 6.45) is 1.08. The predicted molar refractivity (Wildman–Crippen MR) is 54.5 cm³/mol. The lowest BCUT2D eigenvalue weighted by Gasteiger charge is -2.13. The first kappa shape index (κ1) is 13.7. The van der Waals surface area contributed by atoms with Crippen LogP contribution in [0.15, 0.2) is 0 Å². The third-order valence-corrected chi connectivity index (χ3v) is 1.81. The van der Waals surface area contributed by atoms with E-state index >= 15 is 0 Å². The third-order valence-electron chi connectivity index (χ3n) is 1.81. The molecule has 0 aromatic carbocycles. The van der Waals surface area contributed by atoms with E-state index in [-0.39, 0.29) is 6.61 Å². The van der Waals surface area contributed by atoms with Crippen molar-refractivity contribution in [1.29, 1.82) is 0 Å². The lowest BCUT2D eigenvalue weighted by Crippen LogP contribution is -2.41. The molecular formula is C9H18N2O4. The fourth-order valence-electron chi connectivity index (χ4n) is 1.07. The van der Waals surface area contributed by atoms with Gasteiger partial charge in [-0.05, 0) is 32.7 Å². The maximum Gasteiger partial charge on any atom is 0.407 e. The molecule has 0 heterocycles. The Hall–Kier alpha value is -1.30. The number of unbranched alkanes of at least 4 members (excludes halogenated alkanes) is 1. The second-order valence-corrected chi connectivity index (χ2v) is 3.04. The van der Waals surface area contributed by atoms with Crippen LogP contribution in [0.2, 0.25) is 0 Å². The highest BCUT2D eigenvalue weighted by Crippen LogP contribution is 2.01. The summed E-state index contributed by atoms with van der Waals surface area (Å²) in [5.74, 6) is -1.06. The highest BCUT2D eigenvalue weighted by molar-refractivity contribution is 5.79. The van der Waals surface area contributed by atoms with Crippen molar-refractivity contribution in [3.63, 3.8) is 0 Å². The van der Waals surface area contributed by atoms with Gasteiger partial charge in [-0.25, -0.2) is 9.59 Å². The van der Waals surface area contributed by atoms with Gasteiger partial charge in [0.2, 0.25) is 0 Å². The Labute approximate surface area is 88.8 Å². The molecule has 0 unspecified atom stereocenters. The largest absolute Gasteiger partial charge is 0.480 e. The van der Waals surface area contributed by atoms with Crippen LogP contribution in [0.4, 0.5) is 4.79 Å². The van der Waals surface area contributed by atoms with Gasteiger partial charge in [0.15, 0.2) is 0 Å². The smallest absolute Gasteiger partial charge is 0.407 e. The molecule has 0 radical (unpaired) electrons. The van der Waals surface area contributed by atoms with Gasteiger partial charge in [0.25, 0.3) is 0 Å². The summed E-state index contributed by atoms with van der Waals surface area (Å²) in [5, 5.41) is 11.1. The van der Waals surface area contributed by atoms with Gasteiger partial charge in [-0.15, -0.1) is 0 Å². The van der Waals surface area contributed by atoms with Crippen LogP contribution in [-0.2, 0) is 9.53 Å². The summed E-state index contributed by atoms with van der Waals surface area (Å²) in [6.45, 7) is 2.40. The molecule has 0 bridgehead atoms. The van der Waals surface area contributed by atoms with Crippen molar-refractivity contribution in [2.75, 3.05) is 13.2 Å². The number of carbonyl (C=O) groups excluding carboxylic acids is 1. The van der Waals surface area contributed by atoms with Crippen molar-refractivity contribution in [1.82, 2.24) is 5.32 Å². The van der Waals surface area contributed by atoms with Crippen molar-refractivity contribution in [2.24, 2.45) is 5.73 Å². The molecule has 6 nitrogen and oxygen atoms in total. The Morgan fingerprint density at radius 1 is 1.47 bits per heavy atom. The summed E-state index contributed by atoms with van der Waals surface area (Å²) in [6, 6.07) is -0.893. The van der Waals surface area contributed by atoms with Crippen LogP contribution in [0, 0.1) is 0 Å². The van der Waals surface area contributed by atoms with E-state index < -0.39 is 18.1 Å². The highest BCUT2D eigenvalue weighted by atomic mass is 16.5. The molecule has 0 aromatic heterocycles. The van der Waals surface area contributed by atoms with Crippen LogP contribution >= 0.6 is 0 Å². The lowest BCUT2D eigenvalue weighted by molar-refractivity contribution is -0.139. The van der Waals surface area contributed by atoms with E-state index in [0.717, 1.165) is 6.42 Å². The maximum absolute atomic E-state index is 11.0. The molecule has 0 spiro atoms. The van der Waals surface area contributed by atoms with Crippen LogP contribution in [0.5, 0.6) is 0 Å². The van der Waals surface area contributed by atoms with Crippen LogP contribution in [0.3, 0.4) is 0 Å². The van der Waals surface area contributed by atoms with Crippen molar-refractivity contribution in [2.45, 2.75) is 32.2 Å². The average Bonchev–Trinajstić information content (AvgIpc) is 2.16. The Morgan fingerprint density at radius 3 is 2.60 bits per heavy atom. The number of alkyl carbamates (subject to hydrolysis) is 1. The lowest BCUT2D eigenvalue weighted by atomic mass is 10.1. The molecule has 15 heavy (non-hydrogen) atoms. The average molecular weight is 218 g/mol. The number of nitrogens with one attached hydrogen (secondary N) is 1. The molecule has 88 valence electrons. The van der Waals surface area contributed by atoms with Crippen LogP contribution in [0.1, 0.15) is 26.2 Å². The second-order valence-electron chi connectivity index (χ2n) is 3.04. The van der Waals surface area contributed by atoms with Gasteiger partial charge in [-0.3, -0.25) is 0 Å². The Morgan fingerprint density at radius 2 is 2.13 bits per heavy atom. The van der Waals surface area contributed by atoms with E-state index in [1.54, 1.807) is 6.92 Å². The van der Waals surface area contributed by atoms with Gasteiger partial charge in [0, 0.05) is 0 Å². The topological polar surface area (TPSA) is 102 Å². The second kappa shape index (κ2) is 8.05. The van der Waals surface area contributed by atoms with Gasteiger partial charge in [0.1, 0.15) is 6.04 Å². The molecular weight excluding hydrogens is 200 g/mol. The van der Waals surface area contributed by atoms with Crippen LogP contribution < -0.4 is 11.1 Å². The third kappa shape index (κ3) is 6.73. The molecule has 1 amide bonds. The molecule has 0 aliphatic heterocycles. The number of nitrogens with two attached hydrogens (primary N) is 1. The van der Waals surface area contributed by atoms with E-state index in [1.165, 1.54) is 0 Å². The number of carboxylic acid groups (broad SMARTS) is 1. The first-order valence-corrected chi connectivity index (χ1v) is 4.98. The SMILES string of the molecule is CCOC(=O)N[C@@H](CCCCN)C(=O)O. The molecule has 0 saturated carbocycles.